The van der Waals surface area contributed by atoms with Gasteiger partial charge in [0, 0.05) is 40.0 Å². The third kappa shape index (κ3) is 6.25. The van der Waals surface area contributed by atoms with E-state index in [0.717, 1.165) is 38.4 Å². The number of carbonyl (C=O) groups excluding carboxylic acids is 1. The molecular weight excluding hydrogens is 423 g/mol. The number of guanidine groups is 1. The lowest BCUT2D eigenvalue weighted by Crippen LogP contribution is -2.46. The first-order valence-corrected chi connectivity index (χ1v) is 8.15. The van der Waals surface area contributed by atoms with Crippen molar-refractivity contribution < 1.29 is 9.32 Å². The molecule has 0 atom stereocenters. The number of aromatic nitrogens is 2. The van der Waals surface area contributed by atoms with Crippen molar-refractivity contribution in [2.75, 3.05) is 26.7 Å². The number of hydrogen-bond acceptors (Lipinski definition) is 5. The minimum atomic E-state index is 0. The normalized spacial score (nSPS) is 15.8. The van der Waals surface area contributed by atoms with E-state index in [0.29, 0.717) is 30.6 Å². The molecule has 1 aromatic rings. The first-order valence-electron chi connectivity index (χ1n) is 8.15. The van der Waals surface area contributed by atoms with E-state index in [4.69, 9.17) is 4.52 Å². The van der Waals surface area contributed by atoms with Crippen molar-refractivity contribution in [1.29, 1.82) is 0 Å². The van der Waals surface area contributed by atoms with Gasteiger partial charge >= 0.3 is 0 Å². The SMILES string of the molecule is CCNC(=NCc1noc(C)n1)N1CCC(CC(=O)NC)CC1.I. The van der Waals surface area contributed by atoms with Crippen LogP contribution in [0.2, 0.25) is 0 Å². The molecule has 0 aliphatic carbocycles. The number of halogens is 1. The van der Waals surface area contributed by atoms with Crippen LogP contribution in [-0.2, 0) is 11.3 Å². The van der Waals surface area contributed by atoms with Crippen molar-refractivity contribution in [1.82, 2.24) is 25.7 Å². The van der Waals surface area contributed by atoms with E-state index in [1.54, 1.807) is 14.0 Å². The van der Waals surface area contributed by atoms with Crippen molar-refractivity contribution in [3.8, 4) is 0 Å². The Kier molecular flexibility index (Phi) is 9.01. The Bertz CT molecular complexity index is 540. The van der Waals surface area contributed by atoms with Crippen LogP contribution in [0, 0.1) is 12.8 Å². The summed E-state index contributed by atoms with van der Waals surface area (Å²) in [5.41, 5.74) is 0. The van der Waals surface area contributed by atoms with Crippen LogP contribution in [-0.4, -0.2) is 53.6 Å². The van der Waals surface area contributed by atoms with Gasteiger partial charge in [0.15, 0.2) is 11.8 Å². The second-order valence-electron chi connectivity index (χ2n) is 5.71. The average molecular weight is 450 g/mol. The highest BCUT2D eigenvalue weighted by Crippen LogP contribution is 2.20. The molecule has 0 bridgehead atoms. The summed E-state index contributed by atoms with van der Waals surface area (Å²) in [6, 6.07) is 0. The van der Waals surface area contributed by atoms with Gasteiger partial charge in [-0.25, -0.2) is 4.99 Å². The fraction of sp³-hybridized carbons (Fsp3) is 0.733. The van der Waals surface area contributed by atoms with Gasteiger partial charge in [0.2, 0.25) is 11.8 Å². The molecule has 8 nitrogen and oxygen atoms in total. The first kappa shape index (κ1) is 20.7. The van der Waals surface area contributed by atoms with Crippen molar-refractivity contribution in [3.63, 3.8) is 0 Å². The highest BCUT2D eigenvalue weighted by molar-refractivity contribution is 14.0. The van der Waals surface area contributed by atoms with Crippen LogP contribution in [0.3, 0.4) is 0 Å². The maximum absolute atomic E-state index is 11.5. The zero-order valence-electron chi connectivity index (χ0n) is 14.5. The van der Waals surface area contributed by atoms with Crippen molar-refractivity contribution in [2.24, 2.45) is 10.9 Å². The van der Waals surface area contributed by atoms with Gasteiger partial charge in [-0.05, 0) is 25.7 Å². The van der Waals surface area contributed by atoms with Crippen LogP contribution < -0.4 is 10.6 Å². The quantitative estimate of drug-likeness (QED) is 0.399. The molecule has 9 heteroatoms. The molecule has 2 N–H and O–H groups in total. The minimum Gasteiger partial charge on any atom is -0.359 e. The number of amides is 1. The van der Waals surface area contributed by atoms with Gasteiger partial charge in [0.25, 0.3) is 0 Å². The van der Waals surface area contributed by atoms with Crippen LogP contribution in [0.4, 0.5) is 0 Å². The number of aryl methyl sites for hydroxylation is 1. The fourth-order valence-corrected chi connectivity index (χ4v) is 2.69. The predicted octanol–water partition coefficient (Wildman–Crippen LogP) is 1.31. The van der Waals surface area contributed by atoms with E-state index >= 15 is 0 Å². The molecule has 1 aliphatic heterocycles. The van der Waals surface area contributed by atoms with Gasteiger partial charge in [-0.15, -0.1) is 24.0 Å². The van der Waals surface area contributed by atoms with Crippen LogP contribution in [0.25, 0.3) is 0 Å². The Labute approximate surface area is 159 Å². The molecule has 0 saturated carbocycles. The van der Waals surface area contributed by atoms with Crippen molar-refractivity contribution in [2.45, 2.75) is 39.7 Å². The summed E-state index contributed by atoms with van der Waals surface area (Å²) in [7, 11) is 1.69. The molecule has 1 saturated heterocycles. The smallest absolute Gasteiger partial charge is 0.223 e. The van der Waals surface area contributed by atoms with E-state index in [2.05, 4.69) is 30.7 Å². The number of nitrogens with one attached hydrogen (secondary N) is 2. The van der Waals surface area contributed by atoms with Gasteiger partial charge in [0.1, 0.15) is 6.54 Å². The second-order valence-corrected chi connectivity index (χ2v) is 5.71. The summed E-state index contributed by atoms with van der Waals surface area (Å²) in [6.07, 6.45) is 2.61. The average Bonchev–Trinajstić information content (AvgIpc) is 2.97. The lowest BCUT2D eigenvalue weighted by Gasteiger charge is -2.34. The molecule has 0 radical (unpaired) electrons. The van der Waals surface area contributed by atoms with E-state index < -0.39 is 0 Å². The lowest BCUT2D eigenvalue weighted by molar-refractivity contribution is -0.121. The summed E-state index contributed by atoms with van der Waals surface area (Å²) < 4.78 is 4.96. The molecule has 24 heavy (non-hydrogen) atoms. The number of rotatable bonds is 5. The van der Waals surface area contributed by atoms with Gasteiger partial charge in [-0.2, -0.15) is 4.98 Å². The lowest BCUT2D eigenvalue weighted by atomic mass is 9.93. The monoisotopic (exact) mass is 450 g/mol. The molecule has 0 unspecified atom stereocenters. The van der Waals surface area contributed by atoms with Crippen LogP contribution in [0.1, 0.15) is 37.9 Å². The third-order valence-corrected chi connectivity index (χ3v) is 3.94. The zero-order valence-corrected chi connectivity index (χ0v) is 16.9. The maximum atomic E-state index is 11.5. The number of hydrogen-bond donors (Lipinski definition) is 2. The first-order chi connectivity index (χ1) is 11.1. The van der Waals surface area contributed by atoms with Crippen LogP contribution in [0.15, 0.2) is 9.52 Å². The number of piperidine rings is 1. The molecule has 1 aliphatic rings. The molecule has 0 spiro atoms. The summed E-state index contributed by atoms with van der Waals surface area (Å²) in [6.45, 7) is 6.83. The summed E-state index contributed by atoms with van der Waals surface area (Å²) in [5.74, 6) is 2.58. The Morgan fingerprint density at radius 2 is 2.12 bits per heavy atom. The van der Waals surface area contributed by atoms with Gasteiger partial charge in [0.05, 0.1) is 0 Å². The van der Waals surface area contributed by atoms with E-state index in [1.807, 2.05) is 6.92 Å². The molecular formula is C15H27IN6O2. The van der Waals surface area contributed by atoms with Crippen LogP contribution >= 0.6 is 24.0 Å². The maximum Gasteiger partial charge on any atom is 0.223 e. The summed E-state index contributed by atoms with van der Waals surface area (Å²) in [4.78, 5) is 22.5. The fourth-order valence-electron chi connectivity index (χ4n) is 2.69. The molecule has 1 amide bonds. The minimum absolute atomic E-state index is 0. The number of nitrogens with zero attached hydrogens (tertiary/aromatic N) is 4. The predicted molar refractivity (Wildman–Crippen MR) is 102 cm³/mol. The molecule has 136 valence electrons. The summed E-state index contributed by atoms with van der Waals surface area (Å²) in [5, 5.41) is 9.87. The van der Waals surface area contributed by atoms with E-state index in [9.17, 15) is 4.79 Å². The highest BCUT2D eigenvalue weighted by Gasteiger charge is 2.23. The van der Waals surface area contributed by atoms with Gasteiger partial charge < -0.3 is 20.1 Å². The van der Waals surface area contributed by atoms with Crippen LogP contribution in [0.5, 0.6) is 0 Å². The van der Waals surface area contributed by atoms with E-state index in [1.165, 1.54) is 0 Å². The third-order valence-electron chi connectivity index (χ3n) is 3.94. The second kappa shape index (κ2) is 10.5. The highest BCUT2D eigenvalue weighted by atomic mass is 127. The Morgan fingerprint density at radius 3 is 2.67 bits per heavy atom. The Balaban J connectivity index is 0.00000288. The molecule has 1 fully saturated rings. The van der Waals surface area contributed by atoms with Crippen molar-refractivity contribution >= 4 is 35.8 Å². The topological polar surface area (TPSA) is 95.7 Å². The summed E-state index contributed by atoms with van der Waals surface area (Å²) >= 11 is 0. The van der Waals surface area contributed by atoms with E-state index in [-0.39, 0.29) is 29.9 Å². The molecule has 1 aromatic heterocycles. The number of aliphatic imine (C=N–C) groups is 1. The Hall–Kier alpha value is -1.39. The number of carbonyl (C=O) groups is 1. The standard InChI is InChI=1S/C15H26N6O2.HI/c1-4-17-15(18-10-13-19-11(2)23-20-13)21-7-5-12(6-8-21)9-14(22)16-3;/h12H,4-10H2,1-3H3,(H,16,22)(H,17,18);1H. The Morgan fingerprint density at radius 1 is 1.42 bits per heavy atom. The van der Waals surface area contributed by atoms with Gasteiger partial charge in [-0.3, -0.25) is 4.79 Å². The van der Waals surface area contributed by atoms with Crippen molar-refractivity contribution in [3.05, 3.63) is 11.7 Å². The molecule has 0 aromatic carbocycles. The van der Waals surface area contributed by atoms with Gasteiger partial charge in [-0.1, -0.05) is 5.16 Å². The molecule has 2 heterocycles. The number of likely N-dealkylation sites (tertiary alicyclic amines) is 1. The zero-order chi connectivity index (χ0) is 16.7. The largest absolute Gasteiger partial charge is 0.359 e. The molecule has 2 rings (SSSR count).